The monoisotopic (exact) mass is 488 g/mol. The highest BCUT2D eigenvalue weighted by atomic mass is 16.5. The highest BCUT2D eigenvalue weighted by molar-refractivity contribution is 5.94. The maximum Gasteiger partial charge on any atom is 0.244 e. The maximum absolute atomic E-state index is 12.1. The number of amides is 2. The predicted molar refractivity (Wildman–Crippen MR) is 140 cm³/mol. The van der Waals surface area contributed by atoms with E-state index in [4.69, 9.17) is 14.2 Å². The molecule has 36 heavy (non-hydrogen) atoms. The van der Waals surface area contributed by atoms with Crippen molar-refractivity contribution in [3.63, 3.8) is 0 Å². The molecular formula is C29H32N2O5. The van der Waals surface area contributed by atoms with Crippen molar-refractivity contribution in [3.05, 3.63) is 96.1 Å². The number of nitrogens with one attached hydrogen (secondary N) is 2. The number of hydrogen-bond donors (Lipinski definition) is 2. The van der Waals surface area contributed by atoms with Gasteiger partial charge in [0.05, 0.1) is 13.2 Å². The first-order valence-corrected chi connectivity index (χ1v) is 12.0. The second-order valence-electron chi connectivity index (χ2n) is 7.79. The fourth-order valence-corrected chi connectivity index (χ4v) is 3.30. The molecule has 7 nitrogen and oxygen atoms in total. The molecule has 188 valence electrons. The highest BCUT2D eigenvalue weighted by Crippen LogP contribution is 2.29. The van der Waals surface area contributed by atoms with Crippen LogP contribution in [0.1, 0.15) is 18.1 Å². The fraction of sp³-hybridized carbons (Fsp3) is 0.241. The molecule has 0 aliphatic heterocycles. The van der Waals surface area contributed by atoms with E-state index in [1.54, 1.807) is 18.2 Å². The van der Waals surface area contributed by atoms with Crippen molar-refractivity contribution in [2.45, 2.75) is 13.3 Å². The summed E-state index contributed by atoms with van der Waals surface area (Å²) in [6.45, 7) is 3.56. The van der Waals surface area contributed by atoms with Crippen molar-refractivity contribution in [1.29, 1.82) is 0 Å². The van der Waals surface area contributed by atoms with Crippen LogP contribution in [0.15, 0.2) is 84.9 Å². The van der Waals surface area contributed by atoms with Crippen molar-refractivity contribution >= 4 is 17.9 Å². The van der Waals surface area contributed by atoms with E-state index >= 15 is 0 Å². The van der Waals surface area contributed by atoms with Gasteiger partial charge >= 0.3 is 0 Å². The third kappa shape index (κ3) is 9.54. The van der Waals surface area contributed by atoms with Crippen molar-refractivity contribution in [2.24, 2.45) is 0 Å². The largest absolute Gasteiger partial charge is 0.490 e. The summed E-state index contributed by atoms with van der Waals surface area (Å²) in [4.78, 5) is 24.1. The van der Waals surface area contributed by atoms with Gasteiger partial charge in [-0.3, -0.25) is 9.59 Å². The van der Waals surface area contributed by atoms with Gasteiger partial charge < -0.3 is 24.8 Å². The van der Waals surface area contributed by atoms with Crippen molar-refractivity contribution < 1.29 is 23.8 Å². The van der Waals surface area contributed by atoms with E-state index in [-0.39, 0.29) is 18.4 Å². The summed E-state index contributed by atoms with van der Waals surface area (Å²) >= 11 is 0. The molecule has 3 aromatic rings. The third-order valence-electron chi connectivity index (χ3n) is 5.05. The summed E-state index contributed by atoms with van der Waals surface area (Å²) in [6, 6.07) is 24.9. The van der Waals surface area contributed by atoms with Gasteiger partial charge in [-0.1, -0.05) is 54.6 Å². The van der Waals surface area contributed by atoms with Crippen molar-refractivity contribution in [2.75, 3.05) is 32.9 Å². The second-order valence-corrected chi connectivity index (χ2v) is 7.79. The molecule has 0 unspecified atom stereocenters. The number of rotatable bonds is 14. The fourth-order valence-electron chi connectivity index (χ4n) is 3.30. The highest BCUT2D eigenvalue weighted by Gasteiger charge is 2.07. The van der Waals surface area contributed by atoms with E-state index in [1.165, 1.54) is 6.08 Å². The average molecular weight is 489 g/mol. The molecule has 0 saturated heterocycles. The molecule has 2 amide bonds. The SMILES string of the molecule is CCOc1cc(/C=C/C(=O)NCC(=O)NCCc2ccccc2)ccc1OCCOc1ccccc1. The Labute approximate surface area is 212 Å². The number of ether oxygens (including phenoxy) is 3. The quantitative estimate of drug-likeness (QED) is 0.264. The van der Waals surface area contributed by atoms with Gasteiger partial charge in [-0.05, 0) is 54.8 Å². The van der Waals surface area contributed by atoms with E-state index in [9.17, 15) is 9.59 Å². The molecule has 0 aromatic heterocycles. The van der Waals surface area contributed by atoms with Crippen LogP contribution in [0.2, 0.25) is 0 Å². The Morgan fingerprint density at radius 1 is 0.806 bits per heavy atom. The Bertz CT molecular complexity index is 1120. The summed E-state index contributed by atoms with van der Waals surface area (Å²) in [6.07, 6.45) is 3.78. The lowest BCUT2D eigenvalue weighted by atomic mass is 10.1. The zero-order chi connectivity index (χ0) is 25.4. The van der Waals surface area contributed by atoms with Gasteiger partial charge in [-0.2, -0.15) is 0 Å². The summed E-state index contributed by atoms with van der Waals surface area (Å²) in [5.74, 6) is 1.38. The van der Waals surface area contributed by atoms with Crippen LogP contribution in [0, 0.1) is 0 Å². The lowest BCUT2D eigenvalue weighted by Crippen LogP contribution is -2.37. The van der Waals surface area contributed by atoms with E-state index in [0.717, 1.165) is 23.3 Å². The Kier molecular flexibility index (Phi) is 10.9. The molecule has 2 N–H and O–H groups in total. The molecule has 0 heterocycles. The minimum absolute atomic E-state index is 0.0833. The Hall–Kier alpha value is -4.26. The maximum atomic E-state index is 12.1. The number of carbonyl (C=O) groups is 2. The van der Waals surface area contributed by atoms with Gasteiger partial charge in [0.2, 0.25) is 11.8 Å². The van der Waals surface area contributed by atoms with Crippen molar-refractivity contribution in [3.8, 4) is 17.2 Å². The Morgan fingerprint density at radius 3 is 2.28 bits per heavy atom. The van der Waals surface area contributed by atoms with E-state index in [1.807, 2.05) is 73.7 Å². The molecule has 3 aromatic carbocycles. The van der Waals surface area contributed by atoms with Crippen LogP contribution in [0.3, 0.4) is 0 Å². The molecule has 0 saturated carbocycles. The van der Waals surface area contributed by atoms with Crippen LogP contribution in [0.5, 0.6) is 17.2 Å². The van der Waals surface area contributed by atoms with Gasteiger partial charge in [0.1, 0.15) is 19.0 Å². The van der Waals surface area contributed by atoms with Crippen LogP contribution in [0.4, 0.5) is 0 Å². The molecular weight excluding hydrogens is 456 g/mol. The molecule has 0 aliphatic carbocycles. The van der Waals surface area contributed by atoms with E-state index < -0.39 is 0 Å². The predicted octanol–water partition coefficient (Wildman–Crippen LogP) is 4.03. The number of carbonyl (C=O) groups excluding carboxylic acids is 2. The first-order chi connectivity index (χ1) is 17.6. The first-order valence-electron chi connectivity index (χ1n) is 12.0. The first kappa shape index (κ1) is 26.3. The van der Waals surface area contributed by atoms with Crippen LogP contribution in [-0.2, 0) is 16.0 Å². The van der Waals surface area contributed by atoms with Gasteiger partial charge in [-0.15, -0.1) is 0 Å². The van der Waals surface area contributed by atoms with Crippen LogP contribution < -0.4 is 24.8 Å². The lowest BCUT2D eigenvalue weighted by molar-refractivity contribution is -0.123. The normalized spacial score (nSPS) is 10.6. The molecule has 7 heteroatoms. The summed E-state index contributed by atoms with van der Waals surface area (Å²) in [5.41, 5.74) is 1.92. The molecule has 0 fully saturated rings. The van der Waals surface area contributed by atoms with Gasteiger partial charge in [0.15, 0.2) is 11.5 Å². The van der Waals surface area contributed by atoms with Crippen molar-refractivity contribution in [1.82, 2.24) is 10.6 Å². The molecule has 0 bridgehead atoms. The average Bonchev–Trinajstić information content (AvgIpc) is 2.91. The number of benzene rings is 3. The smallest absolute Gasteiger partial charge is 0.244 e. The third-order valence-corrected chi connectivity index (χ3v) is 5.05. The summed E-state index contributed by atoms with van der Waals surface area (Å²) in [7, 11) is 0. The number of para-hydroxylation sites is 1. The minimum Gasteiger partial charge on any atom is -0.490 e. The van der Waals surface area contributed by atoms with Gasteiger partial charge in [0.25, 0.3) is 0 Å². The van der Waals surface area contributed by atoms with Crippen LogP contribution in [0.25, 0.3) is 6.08 Å². The minimum atomic E-state index is -0.357. The zero-order valence-corrected chi connectivity index (χ0v) is 20.4. The molecule has 0 aliphatic rings. The van der Waals surface area contributed by atoms with E-state index in [0.29, 0.717) is 37.9 Å². The molecule has 0 atom stereocenters. The van der Waals surface area contributed by atoms with Crippen LogP contribution >= 0.6 is 0 Å². The summed E-state index contributed by atoms with van der Waals surface area (Å²) in [5, 5.41) is 5.39. The number of hydrogen-bond acceptors (Lipinski definition) is 5. The topological polar surface area (TPSA) is 85.9 Å². The standard InChI is InChI=1S/C29H32N2O5/c1-2-34-27-21-24(13-15-26(27)36-20-19-35-25-11-7-4-8-12-25)14-16-28(32)31-22-29(33)30-18-17-23-9-5-3-6-10-23/h3-16,21H,2,17-20,22H2,1H3,(H,30,33)(H,31,32)/b16-14+. The second kappa shape index (κ2) is 14.9. The Balaban J connectivity index is 1.41. The molecule has 0 spiro atoms. The van der Waals surface area contributed by atoms with Gasteiger partial charge in [0, 0.05) is 12.6 Å². The molecule has 3 rings (SSSR count). The van der Waals surface area contributed by atoms with E-state index in [2.05, 4.69) is 10.6 Å². The van der Waals surface area contributed by atoms with Gasteiger partial charge in [-0.25, -0.2) is 0 Å². The Morgan fingerprint density at radius 2 is 1.53 bits per heavy atom. The van der Waals surface area contributed by atoms with Crippen LogP contribution in [-0.4, -0.2) is 44.7 Å². The summed E-state index contributed by atoms with van der Waals surface area (Å²) < 4.78 is 17.2. The zero-order valence-electron chi connectivity index (χ0n) is 20.4. The molecule has 0 radical (unpaired) electrons. The lowest BCUT2D eigenvalue weighted by Gasteiger charge is -2.13.